The van der Waals surface area contributed by atoms with Gasteiger partial charge in [0.15, 0.2) is 5.82 Å². The molecule has 1 saturated heterocycles. The average Bonchev–Trinajstić information content (AvgIpc) is 3.60. The lowest BCUT2D eigenvalue weighted by Crippen LogP contribution is -2.45. The Morgan fingerprint density at radius 2 is 1.60 bits per heavy atom. The summed E-state index contributed by atoms with van der Waals surface area (Å²) in [4.78, 5) is 36.1. The molecule has 1 unspecified atom stereocenters. The van der Waals surface area contributed by atoms with Gasteiger partial charge in [0.1, 0.15) is 48.3 Å². The maximum atomic E-state index is 14.3. The fraction of sp³-hybridized carbons (Fsp3) is 0.271. The number of carboxylic acids is 1. The molecule has 13 nitrogen and oxygen atoms in total. The van der Waals surface area contributed by atoms with Crippen LogP contribution in [0.2, 0.25) is 5.02 Å². The highest BCUT2D eigenvalue weighted by atomic mass is 35.5. The molecule has 8 rings (SSSR count). The number of ether oxygens (including phenoxy) is 4. The first-order valence-electron chi connectivity index (χ1n) is 20.6. The van der Waals surface area contributed by atoms with Crippen molar-refractivity contribution in [3.05, 3.63) is 131 Å². The number of nitrogens with zero attached hydrogens (tertiary/aromatic N) is 7. The molecule has 0 bridgehead atoms. The first kappa shape index (κ1) is 43.1. The van der Waals surface area contributed by atoms with E-state index in [0.717, 1.165) is 49.4 Å². The molecule has 1 atom stereocenters. The van der Waals surface area contributed by atoms with Crippen molar-refractivity contribution in [2.24, 2.45) is 7.05 Å². The van der Waals surface area contributed by atoms with E-state index in [1.807, 2.05) is 67.1 Å². The van der Waals surface area contributed by atoms with E-state index >= 15 is 0 Å². The summed E-state index contributed by atoms with van der Waals surface area (Å²) in [7, 11) is 5.56. The second-order valence-electron chi connectivity index (χ2n) is 15.3. The van der Waals surface area contributed by atoms with Crippen molar-refractivity contribution in [1.82, 2.24) is 34.3 Å². The van der Waals surface area contributed by atoms with Crippen molar-refractivity contribution in [3.8, 4) is 56.9 Å². The lowest BCUT2D eigenvalue weighted by Gasteiger charge is -2.32. The monoisotopic (exact) mass is 871 g/mol. The lowest BCUT2D eigenvalue weighted by molar-refractivity contribution is -0.145. The number of likely N-dealkylation sites (N-methyl/N-ethyl adjacent to an activating group) is 1. The Morgan fingerprint density at radius 1 is 0.857 bits per heavy atom. The van der Waals surface area contributed by atoms with Gasteiger partial charge < -0.3 is 33.5 Å². The van der Waals surface area contributed by atoms with Gasteiger partial charge in [-0.2, -0.15) is 0 Å². The molecule has 1 N–H and O–H groups in total. The van der Waals surface area contributed by atoms with Gasteiger partial charge in [0.2, 0.25) is 12.0 Å². The summed E-state index contributed by atoms with van der Waals surface area (Å²) in [6.45, 7) is 7.22. The Labute approximate surface area is 369 Å². The number of aryl methyl sites for hydroxylation is 1. The van der Waals surface area contributed by atoms with Crippen molar-refractivity contribution >= 4 is 28.6 Å². The van der Waals surface area contributed by atoms with E-state index in [0.29, 0.717) is 73.8 Å². The third-order valence-corrected chi connectivity index (χ3v) is 11.7. The Balaban J connectivity index is 1.10. The van der Waals surface area contributed by atoms with Crippen LogP contribution in [0.4, 0.5) is 4.39 Å². The molecule has 15 heteroatoms. The predicted octanol–water partition coefficient (Wildman–Crippen LogP) is 8.15. The van der Waals surface area contributed by atoms with E-state index < -0.39 is 12.1 Å². The van der Waals surface area contributed by atoms with Crippen LogP contribution < -0.4 is 18.9 Å². The fourth-order valence-corrected chi connectivity index (χ4v) is 8.06. The van der Waals surface area contributed by atoms with Crippen molar-refractivity contribution in [3.63, 3.8) is 0 Å². The molecule has 324 valence electrons. The number of aromatic nitrogens is 5. The van der Waals surface area contributed by atoms with E-state index in [1.165, 1.54) is 18.5 Å². The maximum Gasteiger partial charge on any atom is 0.345 e. The number of para-hydroxylation sites is 2. The van der Waals surface area contributed by atoms with Crippen LogP contribution in [0.15, 0.2) is 104 Å². The van der Waals surface area contributed by atoms with Crippen LogP contribution in [0.1, 0.15) is 16.8 Å². The number of piperazine rings is 1. The van der Waals surface area contributed by atoms with Crippen LogP contribution in [0.5, 0.6) is 23.1 Å². The third-order valence-electron chi connectivity index (χ3n) is 11.3. The summed E-state index contributed by atoms with van der Waals surface area (Å²) in [5.41, 5.74) is 5.89. The van der Waals surface area contributed by atoms with Crippen LogP contribution >= 0.6 is 11.6 Å². The Hall–Kier alpha value is -6.61. The molecule has 1 aliphatic heterocycles. The van der Waals surface area contributed by atoms with Gasteiger partial charge in [-0.3, -0.25) is 4.90 Å². The number of carbonyl (C=O) groups is 1. The zero-order chi connectivity index (χ0) is 44.0. The quantitative estimate of drug-likeness (QED) is 0.100. The van der Waals surface area contributed by atoms with Gasteiger partial charge in [-0.1, -0.05) is 48.0 Å². The highest BCUT2D eigenvalue weighted by Gasteiger charge is 2.29. The summed E-state index contributed by atoms with van der Waals surface area (Å²) in [5.74, 6) is 0.603. The largest absolute Gasteiger partial charge is 0.496 e. The second kappa shape index (κ2) is 19.2. The van der Waals surface area contributed by atoms with Crippen molar-refractivity contribution in [1.29, 1.82) is 0 Å². The Morgan fingerprint density at radius 3 is 2.37 bits per heavy atom. The van der Waals surface area contributed by atoms with Crippen molar-refractivity contribution < 1.29 is 33.2 Å². The van der Waals surface area contributed by atoms with Crippen LogP contribution in [-0.4, -0.2) is 105 Å². The molecule has 0 amide bonds. The minimum absolute atomic E-state index is 0.0534. The molecule has 0 spiro atoms. The topological polar surface area (TPSA) is 137 Å². The zero-order valence-corrected chi connectivity index (χ0v) is 36.2. The number of carboxylic acid groups (broad SMARTS) is 1. The number of benzene rings is 4. The standard InChI is InChI=1S/C48H47ClFN7O6/c1-30-35(17-18-39(43(30)49)61-26-25-57-23-21-55(2)22-24-57)41-42-46(56(3)44(41)31-13-15-33(50)16-14-31)52-29-53-47(42)63-40(48(58)59)27-32-9-5-7-11-37(32)62-28-34-19-20-51-45(54-34)36-10-6-8-12-38(36)60-4/h5-20,29,40H,21-28H2,1-4H3,(H,58,59). The second-order valence-corrected chi connectivity index (χ2v) is 15.7. The lowest BCUT2D eigenvalue weighted by atomic mass is 9.95. The normalized spacial score (nSPS) is 13.8. The SMILES string of the molecule is COc1ccccc1-c1nccc(COc2ccccc2CC(Oc2ncnc3c2c(-c2ccc(OCCN4CCN(C)CC4)c(Cl)c2C)c(-c2ccc(F)cc2)n3C)C(=O)O)n1. The molecule has 4 aromatic carbocycles. The highest BCUT2D eigenvalue weighted by molar-refractivity contribution is 6.33. The Kier molecular flexibility index (Phi) is 13.1. The van der Waals surface area contributed by atoms with E-state index in [-0.39, 0.29) is 24.7 Å². The van der Waals surface area contributed by atoms with Gasteiger partial charge in [0.05, 0.1) is 34.5 Å². The van der Waals surface area contributed by atoms with E-state index in [1.54, 1.807) is 43.6 Å². The average molecular weight is 872 g/mol. The molecule has 0 saturated carbocycles. The molecular formula is C48H47ClFN7O6. The number of methoxy groups -OCH3 is 1. The van der Waals surface area contributed by atoms with Gasteiger partial charge in [0.25, 0.3) is 0 Å². The number of fused-ring (bicyclic) bond motifs is 1. The molecule has 0 radical (unpaired) electrons. The summed E-state index contributed by atoms with van der Waals surface area (Å²) in [6.07, 6.45) is 1.53. The van der Waals surface area contributed by atoms with Gasteiger partial charge in [0, 0.05) is 58.0 Å². The number of halogens is 2. The highest BCUT2D eigenvalue weighted by Crippen LogP contribution is 2.46. The van der Waals surface area contributed by atoms with Crippen molar-refractivity contribution in [2.45, 2.75) is 26.1 Å². The minimum Gasteiger partial charge on any atom is -0.496 e. The van der Waals surface area contributed by atoms with E-state index in [2.05, 4.69) is 31.8 Å². The number of rotatable bonds is 16. The van der Waals surface area contributed by atoms with Crippen LogP contribution in [0.3, 0.4) is 0 Å². The number of aliphatic carboxylic acids is 1. The summed E-state index contributed by atoms with van der Waals surface area (Å²) < 4.78 is 40.6. The van der Waals surface area contributed by atoms with E-state index in [9.17, 15) is 14.3 Å². The smallest absolute Gasteiger partial charge is 0.345 e. The fourth-order valence-electron chi connectivity index (χ4n) is 7.84. The molecule has 1 fully saturated rings. The maximum absolute atomic E-state index is 14.3. The predicted molar refractivity (Wildman–Crippen MR) is 239 cm³/mol. The van der Waals surface area contributed by atoms with Gasteiger partial charge in [-0.25, -0.2) is 29.1 Å². The van der Waals surface area contributed by atoms with Crippen LogP contribution in [0.25, 0.3) is 44.8 Å². The summed E-state index contributed by atoms with van der Waals surface area (Å²) in [5, 5.41) is 11.6. The molecular weight excluding hydrogens is 825 g/mol. The first-order chi connectivity index (χ1) is 30.6. The third kappa shape index (κ3) is 9.43. The summed E-state index contributed by atoms with van der Waals surface area (Å²) in [6, 6.07) is 26.3. The Bertz CT molecular complexity index is 2740. The molecule has 63 heavy (non-hydrogen) atoms. The van der Waals surface area contributed by atoms with Crippen molar-refractivity contribution in [2.75, 3.05) is 53.5 Å². The first-order valence-corrected chi connectivity index (χ1v) is 20.9. The molecule has 1 aliphatic rings. The molecule has 0 aliphatic carbocycles. The zero-order valence-electron chi connectivity index (χ0n) is 35.4. The number of hydrogen-bond donors (Lipinski definition) is 1. The summed E-state index contributed by atoms with van der Waals surface area (Å²) >= 11 is 7.08. The van der Waals surface area contributed by atoms with Gasteiger partial charge in [-0.15, -0.1) is 0 Å². The molecule has 3 aromatic heterocycles. The van der Waals surface area contributed by atoms with Crippen LogP contribution in [-0.2, 0) is 24.9 Å². The van der Waals surface area contributed by atoms with E-state index in [4.69, 9.17) is 35.5 Å². The van der Waals surface area contributed by atoms with Gasteiger partial charge in [-0.05, 0) is 90.8 Å². The van der Waals surface area contributed by atoms with Gasteiger partial charge >= 0.3 is 5.97 Å². The minimum atomic E-state index is -1.40. The van der Waals surface area contributed by atoms with Crippen LogP contribution in [0, 0.1) is 12.7 Å². The molecule has 4 heterocycles. The molecule has 7 aromatic rings. The number of hydrogen-bond acceptors (Lipinski definition) is 11.